The van der Waals surface area contributed by atoms with E-state index in [4.69, 9.17) is 5.53 Å². The van der Waals surface area contributed by atoms with Gasteiger partial charge in [0, 0.05) is 0 Å². The van der Waals surface area contributed by atoms with Crippen molar-refractivity contribution in [2.24, 2.45) is 11.1 Å². The van der Waals surface area contributed by atoms with Crippen LogP contribution in [0.3, 0.4) is 0 Å². The van der Waals surface area contributed by atoms with Crippen molar-refractivity contribution in [3.05, 3.63) is 72.8 Å². The van der Waals surface area contributed by atoms with E-state index in [1.54, 1.807) is 5.53 Å². The predicted molar refractivity (Wildman–Crippen MR) is 91.4 cm³/mol. The van der Waals surface area contributed by atoms with Gasteiger partial charge in [-0.2, -0.15) is 5.53 Å². The first-order valence-corrected chi connectivity index (χ1v) is 6.95. The Kier molecular flexibility index (Phi) is 3.94. The lowest BCUT2D eigenvalue weighted by molar-refractivity contribution is 0.716. The number of fused-ring (bicyclic) bond motifs is 3. The van der Waals surface area contributed by atoms with Crippen molar-refractivity contribution in [2.75, 3.05) is 0 Å². The van der Waals surface area contributed by atoms with Gasteiger partial charge < -0.3 is 0 Å². The molecule has 0 amide bonds. The van der Waals surface area contributed by atoms with Crippen LogP contribution in [-0.2, 0) is 0 Å². The molecule has 22 heavy (non-hydrogen) atoms. The van der Waals surface area contributed by atoms with Crippen molar-refractivity contribution in [1.82, 2.24) is 5.53 Å². The van der Waals surface area contributed by atoms with E-state index >= 15 is 0 Å². The van der Waals surface area contributed by atoms with E-state index in [2.05, 4.69) is 83.9 Å². The highest BCUT2D eigenvalue weighted by molar-refractivity contribution is 6.04. The zero-order valence-corrected chi connectivity index (χ0v) is 12.0. The summed E-state index contributed by atoms with van der Waals surface area (Å²) in [7, 11) is 0. The lowest BCUT2D eigenvalue weighted by Gasteiger charge is -2.04. The van der Waals surface area contributed by atoms with E-state index in [0.717, 1.165) is 0 Å². The summed E-state index contributed by atoms with van der Waals surface area (Å²) in [5.41, 5.74) is 7.56. The van der Waals surface area contributed by atoms with Crippen molar-refractivity contribution in [3.8, 4) is 0 Å². The van der Waals surface area contributed by atoms with Gasteiger partial charge in [0.1, 0.15) is 0 Å². The fourth-order valence-electron chi connectivity index (χ4n) is 2.63. The number of nitrogens with zero attached hydrogens (tertiary/aromatic N) is 1. The summed E-state index contributed by atoms with van der Waals surface area (Å²) in [6, 6.07) is 26.2. The highest BCUT2D eigenvalue weighted by Gasteiger charge is 2.00. The molecule has 0 aliphatic heterocycles. The van der Waals surface area contributed by atoms with Gasteiger partial charge in [0.15, 0.2) is 0 Å². The first kappa shape index (κ1) is 14.0. The van der Waals surface area contributed by atoms with Crippen LogP contribution in [0, 0.1) is 5.53 Å². The molecule has 0 fully saturated rings. The van der Waals surface area contributed by atoms with E-state index in [1.807, 2.05) is 0 Å². The molecule has 4 nitrogen and oxygen atoms in total. The van der Waals surface area contributed by atoms with Crippen molar-refractivity contribution in [3.63, 3.8) is 0 Å². The van der Waals surface area contributed by atoms with Gasteiger partial charge in [-0.1, -0.05) is 53.8 Å². The van der Waals surface area contributed by atoms with Gasteiger partial charge >= 0.3 is 0 Å². The normalized spacial score (nSPS) is 10.2. The second-order valence-corrected chi connectivity index (χ2v) is 4.99. The number of nitrogens with one attached hydrogen (secondary N) is 2. The third-order valence-electron chi connectivity index (χ3n) is 3.63. The van der Waals surface area contributed by atoms with Crippen LogP contribution in [0.2, 0.25) is 0 Å². The zero-order chi connectivity index (χ0) is 15.4. The predicted octanol–water partition coefficient (Wildman–Crippen LogP) is 4.54. The highest BCUT2D eigenvalue weighted by atomic mass is 15.5. The first-order valence-electron chi connectivity index (χ1n) is 6.95. The van der Waals surface area contributed by atoms with E-state index in [0.29, 0.717) is 0 Å². The van der Waals surface area contributed by atoms with Crippen LogP contribution in [0.15, 0.2) is 78.0 Å². The SMILES string of the molecule is N=NNN.c1ccc2cc3cc4ccccc4cc3cc2c1. The molecule has 0 bridgehead atoms. The van der Waals surface area contributed by atoms with Gasteiger partial charge in [-0.25, -0.2) is 11.4 Å². The van der Waals surface area contributed by atoms with Crippen molar-refractivity contribution < 1.29 is 0 Å². The molecule has 4 aromatic rings. The third kappa shape index (κ3) is 2.73. The average molecular weight is 288 g/mol. The molecule has 0 aromatic heterocycles. The summed E-state index contributed by atoms with van der Waals surface area (Å²) < 4.78 is 0. The van der Waals surface area contributed by atoms with E-state index in [-0.39, 0.29) is 0 Å². The highest BCUT2D eigenvalue weighted by Crippen LogP contribution is 2.27. The van der Waals surface area contributed by atoms with Crippen molar-refractivity contribution >= 4 is 32.3 Å². The van der Waals surface area contributed by atoms with Crippen LogP contribution in [-0.4, -0.2) is 0 Å². The molecular formula is C18H16N4. The van der Waals surface area contributed by atoms with Gasteiger partial charge in [0.2, 0.25) is 0 Å². The fraction of sp³-hybridized carbons (Fsp3) is 0. The molecule has 0 spiro atoms. The maximum Gasteiger partial charge on any atom is -0.0171 e. The fourth-order valence-corrected chi connectivity index (χ4v) is 2.63. The molecule has 4 N–H and O–H groups in total. The summed E-state index contributed by atoms with van der Waals surface area (Å²) in [5, 5.41) is 10.4. The third-order valence-corrected chi connectivity index (χ3v) is 3.63. The molecule has 0 atom stereocenters. The second kappa shape index (κ2) is 6.20. The summed E-state index contributed by atoms with van der Waals surface area (Å²) >= 11 is 0. The molecule has 0 radical (unpaired) electrons. The Labute approximate surface area is 128 Å². The van der Waals surface area contributed by atoms with Gasteiger partial charge in [0.05, 0.1) is 0 Å². The van der Waals surface area contributed by atoms with Crippen LogP contribution >= 0.6 is 0 Å². The average Bonchev–Trinajstić information content (AvgIpc) is 2.58. The summed E-state index contributed by atoms with van der Waals surface area (Å²) in [5.74, 6) is 4.42. The number of rotatable bonds is 1. The topological polar surface area (TPSA) is 74.3 Å². The van der Waals surface area contributed by atoms with E-state index in [1.165, 1.54) is 32.3 Å². The van der Waals surface area contributed by atoms with Gasteiger partial charge in [-0.15, -0.1) is 0 Å². The summed E-state index contributed by atoms with van der Waals surface area (Å²) in [4.78, 5) is 0. The molecule has 0 saturated carbocycles. The Morgan fingerprint density at radius 2 is 0.909 bits per heavy atom. The molecule has 0 aliphatic rings. The Morgan fingerprint density at radius 3 is 1.14 bits per heavy atom. The second-order valence-electron chi connectivity index (χ2n) is 4.99. The molecule has 108 valence electrons. The monoisotopic (exact) mass is 288 g/mol. The quantitative estimate of drug-likeness (QED) is 0.208. The van der Waals surface area contributed by atoms with Crippen LogP contribution < -0.4 is 11.4 Å². The lowest BCUT2D eigenvalue weighted by atomic mass is 10.00. The largest absolute Gasteiger partial charge is 0.233 e. The molecule has 0 aliphatic carbocycles. The maximum absolute atomic E-state index is 5.84. The number of hydrogen-bond acceptors (Lipinski definition) is 3. The molecule has 4 rings (SSSR count). The van der Waals surface area contributed by atoms with Crippen molar-refractivity contribution in [1.29, 1.82) is 5.53 Å². The van der Waals surface area contributed by atoms with Crippen LogP contribution in [0.4, 0.5) is 0 Å². The molecule has 0 unspecified atom stereocenters. The Morgan fingerprint density at radius 1 is 0.636 bits per heavy atom. The number of nitrogens with two attached hydrogens (primary N) is 1. The van der Waals surface area contributed by atoms with Crippen LogP contribution in [0.1, 0.15) is 0 Å². The van der Waals surface area contributed by atoms with Gasteiger partial charge in [-0.05, 0) is 56.6 Å². The minimum absolute atomic E-state index is 1.31. The lowest BCUT2D eigenvalue weighted by Crippen LogP contribution is -2.11. The summed E-state index contributed by atoms with van der Waals surface area (Å²) in [6.07, 6.45) is 0. The van der Waals surface area contributed by atoms with E-state index in [9.17, 15) is 0 Å². The molecule has 4 heteroatoms. The minimum atomic E-state index is 1.31. The van der Waals surface area contributed by atoms with Crippen LogP contribution in [0.25, 0.3) is 32.3 Å². The first-order chi connectivity index (χ1) is 10.8. The van der Waals surface area contributed by atoms with Gasteiger partial charge in [0.25, 0.3) is 0 Å². The van der Waals surface area contributed by atoms with Gasteiger partial charge in [-0.3, -0.25) is 0 Å². The Bertz CT molecular complexity index is 803. The number of hydrazine groups is 1. The van der Waals surface area contributed by atoms with E-state index < -0.39 is 0 Å². The smallest absolute Gasteiger partial charge is 0.0171 e. The maximum atomic E-state index is 5.84. The molecule has 0 heterocycles. The van der Waals surface area contributed by atoms with Crippen LogP contribution in [0.5, 0.6) is 0 Å². The summed E-state index contributed by atoms with van der Waals surface area (Å²) in [6.45, 7) is 0. The zero-order valence-electron chi connectivity index (χ0n) is 12.0. The number of benzene rings is 4. The van der Waals surface area contributed by atoms with Crippen molar-refractivity contribution in [2.45, 2.75) is 0 Å². The number of hydrogen-bond donors (Lipinski definition) is 3. The standard InChI is InChI=1S/C18H12.H4N4/c1-2-6-14-10-18-12-16-8-4-3-7-15(16)11-17(18)9-13(14)5-1;1-3-4-2/h1-12H;(H2,1,4)(H2,2,3). The molecular weight excluding hydrogens is 272 g/mol. The molecule has 0 saturated heterocycles. The minimum Gasteiger partial charge on any atom is -0.233 e. The Hall–Kier alpha value is -2.98. The Balaban J connectivity index is 0.000000325. The molecule has 4 aromatic carbocycles.